The Morgan fingerprint density at radius 2 is 1.58 bits per heavy atom. The first kappa shape index (κ1) is 18.9. The minimum Gasteiger partial charge on any atom is -0.459 e. The van der Waals surface area contributed by atoms with Crippen molar-refractivity contribution in [3.63, 3.8) is 0 Å². The van der Waals surface area contributed by atoms with Crippen LogP contribution in [0.15, 0.2) is 12.2 Å². The van der Waals surface area contributed by atoms with E-state index < -0.39 is 11.9 Å². The maximum absolute atomic E-state index is 11.4. The number of ether oxygens (including phenoxy) is 3. The fraction of sp³-hybridized carbons (Fsp3) is 0.778. The first-order valence-electron chi connectivity index (χ1n) is 9.09. The number of unbranched alkanes of at least 4 members (excludes halogenated alkanes) is 5. The van der Waals surface area contributed by atoms with Crippen molar-refractivity contribution in [2.24, 2.45) is 0 Å². The molecule has 136 valence electrons. The quantitative estimate of drug-likeness (QED) is 0.473. The first-order valence-corrected chi connectivity index (χ1v) is 9.09. The summed E-state index contributed by atoms with van der Waals surface area (Å²) >= 11 is 0. The predicted molar refractivity (Wildman–Crippen MR) is 89.6 cm³/mol. The van der Waals surface area contributed by atoms with E-state index in [1.54, 1.807) is 0 Å². The van der Waals surface area contributed by atoms with Crippen molar-refractivity contribution in [3.05, 3.63) is 12.2 Å². The number of carbonyl (C=O) groups excluding carboxylic acids is 2. The highest BCUT2D eigenvalue weighted by molar-refractivity contribution is 5.92. The number of nitrogens with zero attached hydrogens (tertiary/aromatic N) is 1. The Morgan fingerprint density at radius 3 is 2.38 bits per heavy atom. The number of esters is 2. The van der Waals surface area contributed by atoms with E-state index in [4.69, 9.17) is 14.2 Å². The van der Waals surface area contributed by atoms with Gasteiger partial charge >= 0.3 is 11.9 Å². The van der Waals surface area contributed by atoms with Gasteiger partial charge in [0.05, 0.1) is 13.2 Å². The number of morpholine rings is 1. The Balaban J connectivity index is 1.45. The van der Waals surface area contributed by atoms with Crippen LogP contribution in [0.5, 0.6) is 0 Å². The van der Waals surface area contributed by atoms with E-state index in [1.807, 2.05) is 0 Å². The van der Waals surface area contributed by atoms with Crippen LogP contribution >= 0.6 is 0 Å². The third-order valence-electron chi connectivity index (χ3n) is 4.40. The van der Waals surface area contributed by atoms with E-state index in [1.165, 1.54) is 32.2 Å². The summed E-state index contributed by atoms with van der Waals surface area (Å²) in [5.41, 5.74) is 0. The second-order valence-electron chi connectivity index (χ2n) is 6.39. The molecule has 2 aliphatic rings. The molecule has 2 aliphatic heterocycles. The van der Waals surface area contributed by atoms with Crippen LogP contribution in [0, 0.1) is 0 Å². The van der Waals surface area contributed by atoms with Crippen molar-refractivity contribution in [3.8, 4) is 0 Å². The molecule has 1 unspecified atom stereocenters. The number of cyclic esters (lactones) is 2. The van der Waals surface area contributed by atoms with Crippen molar-refractivity contribution in [2.75, 3.05) is 39.5 Å². The van der Waals surface area contributed by atoms with Crippen LogP contribution in [0.25, 0.3) is 0 Å². The van der Waals surface area contributed by atoms with E-state index >= 15 is 0 Å². The summed E-state index contributed by atoms with van der Waals surface area (Å²) in [6, 6.07) is 0. The lowest BCUT2D eigenvalue weighted by molar-refractivity contribution is -0.155. The molecule has 2 heterocycles. The second-order valence-corrected chi connectivity index (χ2v) is 6.39. The van der Waals surface area contributed by atoms with E-state index in [0.717, 1.165) is 57.7 Å². The molecule has 6 heteroatoms. The van der Waals surface area contributed by atoms with Gasteiger partial charge in [0.1, 0.15) is 12.7 Å². The zero-order chi connectivity index (χ0) is 17.0. The molecule has 1 fully saturated rings. The Labute approximate surface area is 144 Å². The Morgan fingerprint density at radius 1 is 0.917 bits per heavy atom. The van der Waals surface area contributed by atoms with E-state index in [9.17, 15) is 9.59 Å². The Kier molecular flexibility index (Phi) is 8.84. The van der Waals surface area contributed by atoms with Crippen LogP contribution in [0.1, 0.15) is 44.9 Å². The number of carbonyl (C=O) groups is 2. The van der Waals surface area contributed by atoms with Gasteiger partial charge in [0, 0.05) is 25.2 Å². The number of hydrogen-bond acceptors (Lipinski definition) is 6. The van der Waals surface area contributed by atoms with Gasteiger partial charge in [-0.1, -0.05) is 25.7 Å². The summed E-state index contributed by atoms with van der Waals surface area (Å²) in [6.45, 7) is 5.22. The molecular formula is C18H29NO5. The van der Waals surface area contributed by atoms with Gasteiger partial charge in [-0.05, 0) is 25.8 Å². The molecule has 0 aromatic rings. The van der Waals surface area contributed by atoms with Crippen LogP contribution in [0.3, 0.4) is 0 Å². The van der Waals surface area contributed by atoms with Gasteiger partial charge in [0.25, 0.3) is 0 Å². The molecule has 0 spiro atoms. The molecule has 0 aromatic heterocycles. The van der Waals surface area contributed by atoms with Gasteiger partial charge in [0.2, 0.25) is 0 Å². The van der Waals surface area contributed by atoms with Crippen LogP contribution in [-0.4, -0.2) is 62.4 Å². The van der Waals surface area contributed by atoms with Crippen molar-refractivity contribution >= 4 is 11.9 Å². The largest absolute Gasteiger partial charge is 0.459 e. The maximum atomic E-state index is 11.4. The van der Waals surface area contributed by atoms with Gasteiger partial charge in [0.15, 0.2) is 0 Å². The summed E-state index contributed by atoms with van der Waals surface area (Å²) in [5, 5.41) is 0. The summed E-state index contributed by atoms with van der Waals surface area (Å²) in [5.74, 6) is -0.934. The standard InChI is InChI=1S/C18H29NO5/c20-17-8-9-18(21)24-16(15-23-17)7-5-3-1-2-4-6-10-19-11-13-22-14-12-19/h8-9,16H,1-7,10-15H2. The molecule has 0 radical (unpaired) electrons. The molecule has 2 rings (SSSR count). The third kappa shape index (κ3) is 7.93. The average Bonchev–Trinajstić information content (AvgIpc) is 2.59. The molecule has 0 aliphatic carbocycles. The zero-order valence-electron chi connectivity index (χ0n) is 14.4. The van der Waals surface area contributed by atoms with Crippen LogP contribution in [0.2, 0.25) is 0 Å². The SMILES string of the molecule is O=C1C=CC(=O)OC(CCCCCCCCN2CCOCC2)CO1. The first-order chi connectivity index (χ1) is 11.7. The van der Waals surface area contributed by atoms with Crippen LogP contribution in [0.4, 0.5) is 0 Å². The smallest absolute Gasteiger partial charge is 0.331 e. The van der Waals surface area contributed by atoms with Gasteiger partial charge < -0.3 is 14.2 Å². The van der Waals surface area contributed by atoms with Gasteiger partial charge in [-0.15, -0.1) is 0 Å². The van der Waals surface area contributed by atoms with E-state index in [2.05, 4.69) is 4.90 Å². The molecule has 1 atom stereocenters. The molecule has 6 nitrogen and oxygen atoms in total. The summed E-state index contributed by atoms with van der Waals surface area (Å²) < 4.78 is 15.6. The van der Waals surface area contributed by atoms with Gasteiger partial charge in [-0.25, -0.2) is 9.59 Å². The fourth-order valence-corrected chi connectivity index (χ4v) is 2.98. The summed E-state index contributed by atoms with van der Waals surface area (Å²) in [6.07, 6.45) is 9.74. The van der Waals surface area contributed by atoms with Crippen molar-refractivity contribution in [2.45, 2.75) is 51.0 Å². The zero-order valence-corrected chi connectivity index (χ0v) is 14.4. The van der Waals surface area contributed by atoms with Crippen molar-refractivity contribution in [1.82, 2.24) is 4.90 Å². The second kappa shape index (κ2) is 11.2. The number of rotatable bonds is 9. The topological polar surface area (TPSA) is 65.1 Å². The normalized spacial score (nSPS) is 22.6. The van der Waals surface area contributed by atoms with Gasteiger partial charge in [-0.3, -0.25) is 4.90 Å². The number of hydrogen-bond donors (Lipinski definition) is 0. The molecule has 0 N–H and O–H groups in total. The Hall–Kier alpha value is -1.40. The van der Waals surface area contributed by atoms with E-state index in [-0.39, 0.29) is 12.7 Å². The molecular weight excluding hydrogens is 310 g/mol. The lowest BCUT2D eigenvalue weighted by atomic mass is 10.1. The minimum atomic E-state index is -0.475. The highest BCUT2D eigenvalue weighted by atomic mass is 16.6. The third-order valence-corrected chi connectivity index (χ3v) is 4.40. The predicted octanol–water partition coefficient (Wildman–Crippen LogP) is 2.07. The van der Waals surface area contributed by atoms with Crippen LogP contribution in [-0.2, 0) is 23.8 Å². The lowest BCUT2D eigenvalue weighted by Gasteiger charge is -2.26. The highest BCUT2D eigenvalue weighted by Crippen LogP contribution is 2.13. The molecule has 1 saturated heterocycles. The molecule has 0 saturated carbocycles. The Bertz CT molecular complexity index is 418. The monoisotopic (exact) mass is 339 g/mol. The van der Waals surface area contributed by atoms with Crippen molar-refractivity contribution < 1.29 is 23.8 Å². The summed E-state index contributed by atoms with van der Waals surface area (Å²) in [4.78, 5) is 25.1. The molecule has 0 aromatic carbocycles. The highest BCUT2D eigenvalue weighted by Gasteiger charge is 2.17. The lowest BCUT2D eigenvalue weighted by Crippen LogP contribution is -2.36. The maximum Gasteiger partial charge on any atom is 0.331 e. The average molecular weight is 339 g/mol. The molecule has 24 heavy (non-hydrogen) atoms. The fourth-order valence-electron chi connectivity index (χ4n) is 2.98. The summed E-state index contributed by atoms with van der Waals surface area (Å²) in [7, 11) is 0. The van der Waals surface area contributed by atoms with Crippen molar-refractivity contribution in [1.29, 1.82) is 0 Å². The minimum absolute atomic E-state index is 0.161. The molecule has 0 bridgehead atoms. The van der Waals surface area contributed by atoms with E-state index in [0.29, 0.717) is 0 Å². The molecule has 0 amide bonds. The van der Waals surface area contributed by atoms with Gasteiger partial charge in [-0.2, -0.15) is 0 Å². The van der Waals surface area contributed by atoms with Crippen LogP contribution < -0.4 is 0 Å².